The van der Waals surface area contributed by atoms with Crippen molar-refractivity contribution in [2.45, 2.75) is 13.3 Å². The maximum atomic E-state index is 12.8. The predicted octanol–water partition coefficient (Wildman–Crippen LogP) is 5.63. The summed E-state index contributed by atoms with van der Waals surface area (Å²) in [4.78, 5) is 38.5. The van der Waals surface area contributed by atoms with E-state index >= 15 is 0 Å². The second kappa shape index (κ2) is 12.0. The van der Waals surface area contributed by atoms with Crippen LogP contribution in [-0.2, 0) is 16.0 Å². The molecular weight excluding hydrogens is 502 g/mol. The number of hydrogen-bond donors (Lipinski definition) is 1. The van der Waals surface area contributed by atoms with Gasteiger partial charge in [0.05, 0.1) is 35.6 Å². The number of benzene rings is 3. The minimum absolute atomic E-state index is 0.0434. The summed E-state index contributed by atoms with van der Waals surface area (Å²) in [5, 5.41) is 13.9. The fraction of sp³-hybridized carbons (Fsp3) is 0.125. The Balaban J connectivity index is 1.41. The Bertz CT molecular complexity index is 1730. The van der Waals surface area contributed by atoms with Crippen LogP contribution < -0.4 is 5.32 Å². The molecule has 2 heterocycles. The molecule has 8 heteroatoms. The number of carbonyl (C=O) groups excluding carboxylic acids is 2. The number of esters is 1. The van der Waals surface area contributed by atoms with Crippen LogP contribution in [0.2, 0.25) is 0 Å². The zero-order valence-electron chi connectivity index (χ0n) is 21.8. The summed E-state index contributed by atoms with van der Waals surface area (Å²) in [6.45, 7) is 2.00. The fourth-order valence-corrected chi connectivity index (χ4v) is 4.30. The molecule has 2 aromatic heterocycles. The molecule has 3 aromatic carbocycles. The fourth-order valence-electron chi connectivity index (χ4n) is 4.30. The van der Waals surface area contributed by atoms with Gasteiger partial charge in [-0.05, 0) is 42.8 Å². The lowest BCUT2D eigenvalue weighted by Gasteiger charge is -2.14. The van der Waals surface area contributed by atoms with Crippen molar-refractivity contribution in [3.63, 3.8) is 0 Å². The first-order chi connectivity index (χ1) is 19.6. The first-order valence-corrected chi connectivity index (χ1v) is 12.8. The van der Waals surface area contributed by atoms with Crippen LogP contribution in [0.25, 0.3) is 33.4 Å². The molecule has 0 aliphatic rings. The highest BCUT2D eigenvalue weighted by atomic mass is 16.5. The molecule has 0 spiro atoms. The van der Waals surface area contributed by atoms with Crippen LogP contribution >= 0.6 is 0 Å². The summed E-state index contributed by atoms with van der Waals surface area (Å²) >= 11 is 0. The van der Waals surface area contributed by atoms with E-state index in [1.165, 1.54) is 0 Å². The third-order valence-electron chi connectivity index (χ3n) is 6.24. The lowest BCUT2D eigenvalue weighted by molar-refractivity contribution is -0.116. The highest BCUT2D eigenvalue weighted by Crippen LogP contribution is 2.32. The van der Waals surface area contributed by atoms with Crippen LogP contribution in [-0.4, -0.2) is 39.9 Å². The van der Waals surface area contributed by atoms with Crippen molar-refractivity contribution >= 4 is 28.5 Å². The maximum Gasteiger partial charge on any atom is 0.338 e. The van der Waals surface area contributed by atoms with Gasteiger partial charge in [0.25, 0.3) is 0 Å². The summed E-state index contributed by atoms with van der Waals surface area (Å²) in [5.74, 6) is -0.275. The number of aromatic nitrogens is 3. The number of carbonyl (C=O) groups is 2. The average molecular weight is 528 g/mol. The van der Waals surface area contributed by atoms with Gasteiger partial charge in [-0.25, -0.2) is 14.8 Å². The number of hydrogen-bond acceptors (Lipinski definition) is 8. The third-order valence-corrected chi connectivity index (χ3v) is 6.24. The standard InChI is InChI=1S/C32H25N5O3/c1-2-40-32(39)23-12-10-21(11-13-23)17-26(38)20-35-31-28(19-33)36-30(29(37-31)22-7-4-3-5-8-22)25-14-15-27-24(18-25)9-6-16-34-27/h3-16,18H,2,17,20H2,1H3,(H,35,37). The van der Waals surface area contributed by atoms with E-state index in [2.05, 4.69) is 21.4 Å². The second-order valence-electron chi connectivity index (χ2n) is 8.99. The van der Waals surface area contributed by atoms with Crippen molar-refractivity contribution < 1.29 is 14.3 Å². The van der Waals surface area contributed by atoms with Crippen molar-refractivity contribution in [3.8, 4) is 28.6 Å². The van der Waals surface area contributed by atoms with Crippen LogP contribution in [0.15, 0.2) is 91.1 Å². The number of ketones is 1. The van der Waals surface area contributed by atoms with E-state index in [9.17, 15) is 14.9 Å². The van der Waals surface area contributed by atoms with Gasteiger partial charge in [0, 0.05) is 29.1 Å². The monoisotopic (exact) mass is 527 g/mol. The van der Waals surface area contributed by atoms with E-state index in [-0.39, 0.29) is 30.3 Å². The quantitative estimate of drug-likeness (QED) is 0.245. The Morgan fingerprint density at radius 2 is 1.68 bits per heavy atom. The number of nitrogens with zero attached hydrogens (tertiary/aromatic N) is 4. The molecule has 0 unspecified atom stereocenters. The molecule has 0 aliphatic carbocycles. The van der Waals surface area contributed by atoms with Gasteiger partial charge in [0.15, 0.2) is 17.3 Å². The van der Waals surface area contributed by atoms with Gasteiger partial charge in [0.2, 0.25) is 0 Å². The second-order valence-corrected chi connectivity index (χ2v) is 8.99. The van der Waals surface area contributed by atoms with Crippen LogP contribution in [0.5, 0.6) is 0 Å². The number of ether oxygens (including phenoxy) is 1. The van der Waals surface area contributed by atoms with E-state index in [0.29, 0.717) is 23.6 Å². The molecule has 0 bridgehead atoms. The molecule has 5 rings (SSSR count). The molecular formula is C32H25N5O3. The molecule has 1 N–H and O–H groups in total. The van der Waals surface area contributed by atoms with E-state index in [0.717, 1.165) is 27.6 Å². The van der Waals surface area contributed by atoms with Gasteiger partial charge in [-0.2, -0.15) is 5.26 Å². The summed E-state index contributed by atoms with van der Waals surface area (Å²) in [6.07, 6.45) is 1.89. The van der Waals surface area contributed by atoms with Gasteiger partial charge in [0.1, 0.15) is 6.07 Å². The number of Topliss-reactive ketones (excluding diaryl/α,β-unsaturated/α-hetero) is 1. The highest BCUT2D eigenvalue weighted by Gasteiger charge is 2.18. The maximum absolute atomic E-state index is 12.8. The minimum Gasteiger partial charge on any atom is -0.462 e. The molecule has 0 fully saturated rings. The van der Waals surface area contributed by atoms with Crippen LogP contribution in [0, 0.1) is 11.3 Å². The average Bonchev–Trinajstić information content (AvgIpc) is 3.00. The molecule has 40 heavy (non-hydrogen) atoms. The van der Waals surface area contributed by atoms with Crippen LogP contribution in [0.1, 0.15) is 28.5 Å². The smallest absolute Gasteiger partial charge is 0.338 e. The molecule has 5 aromatic rings. The Morgan fingerprint density at radius 3 is 2.42 bits per heavy atom. The van der Waals surface area contributed by atoms with Crippen molar-refractivity contribution in [1.29, 1.82) is 5.26 Å². The van der Waals surface area contributed by atoms with Crippen molar-refractivity contribution in [1.82, 2.24) is 15.0 Å². The number of nitriles is 1. The highest BCUT2D eigenvalue weighted by molar-refractivity contribution is 5.90. The minimum atomic E-state index is -0.400. The Labute approximate surface area is 231 Å². The lowest BCUT2D eigenvalue weighted by atomic mass is 10.0. The van der Waals surface area contributed by atoms with Crippen molar-refractivity contribution in [2.75, 3.05) is 18.5 Å². The molecule has 8 nitrogen and oxygen atoms in total. The third kappa shape index (κ3) is 5.84. The van der Waals surface area contributed by atoms with Gasteiger partial charge in [-0.15, -0.1) is 0 Å². The number of pyridine rings is 1. The molecule has 0 aliphatic heterocycles. The first-order valence-electron chi connectivity index (χ1n) is 12.8. The lowest BCUT2D eigenvalue weighted by Crippen LogP contribution is -2.18. The van der Waals surface area contributed by atoms with Gasteiger partial charge >= 0.3 is 5.97 Å². The van der Waals surface area contributed by atoms with Gasteiger partial charge in [-0.1, -0.05) is 54.6 Å². The predicted molar refractivity (Wildman–Crippen MR) is 153 cm³/mol. The van der Waals surface area contributed by atoms with Crippen LogP contribution in [0.3, 0.4) is 0 Å². The van der Waals surface area contributed by atoms with E-state index in [4.69, 9.17) is 9.72 Å². The summed E-state index contributed by atoms with van der Waals surface area (Å²) in [6, 6.07) is 28.1. The van der Waals surface area contributed by atoms with Gasteiger partial charge in [-0.3, -0.25) is 9.78 Å². The Morgan fingerprint density at radius 1 is 0.900 bits per heavy atom. The number of fused-ring (bicyclic) bond motifs is 1. The first kappa shape index (κ1) is 26.2. The zero-order valence-corrected chi connectivity index (χ0v) is 21.8. The molecule has 0 saturated carbocycles. The Kier molecular flexibility index (Phi) is 7.84. The molecule has 0 amide bonds. The van der Waals surface area contributed by atoms with Crippen molar-refractivity contribution in [3.05, 3.63) is 108 Å². The number of anilines is 1. The summed E-state index contributed by atoms with van der Waals surface area (Å²) < 4.78 is 5.00. The molecule has 0 atom stereocenters. The van der Waals surface area contributed by atoms with E-state index < -0.39 is 5.97 Å². The van der Waals surface area contributed by atoms with Crippen molar-refractivity contribution in [2.24, 2.45) is 0 Å². The molecule has 0 saturated heterocycles. The largest absolute Gasteiger partial charge is 0.462 e. The normalized spacial score (nSPS) is 10.6. The number of nitrogens with one attached hydrogen (secondary N) is 1. The number of rotatable bonds is 9. The summed E-state index contributed by atoms with van der Waals surface area (Å²) in [5.41, 5.74) is 4.92. The van der Waals surface area contributed by atoms with E-state index in [1.807, 2.05) is 60.7 Å². The Hall–Kier alpha value is -5.42. The van der Waals surface area contributed by atoms with E-state index in [1.54, 1.807) is 37.4 Å². The topological polar surface area (TPSA) is 118 Å². The SMILES string of the molecule is CCOC(=O)c1ccc(CC(=O)CNc2nc(-c3ccccc3)c(-c3ccc4ncccc4c3)nc2C#N)cc1. The van der Waals surface area contributed by atoms with Crippen LogP contribution in [0.4, 0.5) is 5.82 Å². The van der Waals surface area contributed by atoms with Gasteiger partial charge < -0.3 is 10.1 Å². The zero-order chi connectivity index (χ0) is 27.9. The summed E-state index contributed by atoms with van der Waals surface area (Å²) in [7, 11) is 0. The molecule has 196 valence electrons. The molecule has 0 radical (unpaired) electrons.